The van der Waals surface area contributed by atoms with Gasteiger partial charge in [-0.05, 0) is 29.9 Å². The predicted molar refractivity (Wildman–Crippen MR) is 69.6 cm³/mol. The minimum atomic E-state index is 0.105. The molecule has 0 unspecified atom stereocenters. The largest absolute Gasteiger partial charge is 0.295 e. The van der Waals surface area contributed by atoms with Crippen molar-refractivity contribution in [2.75, 3.05) is 0 Å². The fourth-order valence-electron chi connectivity index (χ4n) is 1.68. The maximum Gasteiger partial charge on any atom is 0.159 e. The number of allylic oxidation sites excluding steroid dienone is 1. The minimum Gasteiger partial charge on any atom is -0.295 e. The second kappa shape index (κ2) is 4.65. The Hall–Kier alpha value is -1.37. The number of ketones is 1. The zero-order valence-electron chi connectivity index (χ0n) is 10.6. The molecule has 1 nitrogen and oxygen atoms in total. The summed E-state index contributed by atoms with van der Waals surface area (Å²) >= 11 is 0. The van der Waals surface area contributed by atoms with E-state index in [4.69, 9.17) is 0 Å². The SMILES string of the molecule is C=C(CC(C)(C)C)c1ccc(C(C)=O)cc1. The fraction of sp³-hybridized carbons (Fsp3) is 0.400. The molecule has 0 aliphatic heterocycles. The summed E-state index contributed by atoms with van der Waals surface area (Å²) in [6.45, 7) is 12.3. The smallest absolute Gasteiger partial charge is 0.159 e. The molecule has 0 saturated heterocycles. The average molecular weight is 216 g/mol. The number of hydrogen-bond donors (Lipinski definition) is 0. The van der Waals surface area contributed by atoms with Gasteiger partial charge in [-0.1, -0.05) is 51.6 Å². The highest BCUT2D eigenvalue weighted by Gasteiger charge is 2.13. The molecule has 0 aromatic heterocycles. The van der Waals surface area contributed by atoms with Crippen LogP contribution in [0.4, 0.5) is 0 Å². The van der Waals surface area contributed by atoms with Gasteiger partial charge in [0.25, 0.3) is 0 Å². The Morgan fingerprint density at radius 2 is 1.56 bits per heavy atom. The van der Waals surface area contributed by atoms with Crippen LogP contribution in [0.2, 0.25) is 0 Å². The average Bonchev–Trinajstić information content (AvgIpc) is 2.15. The molecule has 0 aliphatic carbocycles. The first-order chi connectivity index (χ1) is 7.29. The molecule has 0 aliphatic rings. The van der Waals surface area contributed by atoms with Gasteiger partial charge in [-0.25, -0.2) is 0 Å². The summed E-state index contributed by atoms with van der Waals surface area (Å²) in [6.07, 6.45) is 0.965. The molecule has 86 valence electrons. The van der Waals surface area contributed by atoms with E-state index in [1.807, 2.05) is 24.3 Å². The third kappa shape index (κ3) is 3.65. The van der Waals surface area contributed by atoms with Gasteiger partial charge >= 0.3 is 0 Å². The molecule has 1 aromatic rings. The quantitative estimate of drug-likeness (QED) is 0.687. The lowest BCUT2D eigenvalue weighted by atomic mass is 9.86. The van der Waals surface area contributed by atoms with Crippen LogP contribution in [0, 0.1) is 5.41 Å². The minimum absolute atomic E-state index is 0.105. The summed E-state index contributed by atoms with van der Waals surface area (Å²) < 4.78 is 0. The van der Waals surface area contributed by atoms with Crippen molar-refractivity contribution in [1.29, 1.82) is 0 Å². The number of rotatable bonds is 3. The van der Waals surface area contributed by atoms with Crippen LogP contribution in [-0.4, -0.2) is 5.78 Å². The Bertz CT molecular complexity index is 390. The van der Waals surface area contributed by atoms with E-state index in [2.05, 4.69) is 27.4 Å². The van der Waals surface area contributed by atoms with E-state index in [1.165, 1.54) is 0 Å². The molecule has 16 heavy (non-hydrogen) atoms. The summed E-state index contributed by atoms with van der Waals surface area (Å²) in [6, 6.07) is 7.69. The Morgan fingerprint density at radius 1 is 1.12 bits per heavy atom. The zero-order valence-corrected chi connectivity index (χ0v) is 10.6. The van der Waals surface area contributed by atoms with Crippen LogP contribution < -0.4 is 0 Å². The van der Waals surface area contributed by atoms with Gasteiger partial charge < -0.3 is 0 Å². The first-order valence-corrected chi connectivity index (χ1v) is 5.59. The number of Topliss-reactive ketones (excluding diaryl/α,β-unsaturated/α-hetero) is 1. The molecule has 1 heteroatoms. The summed E-state index contributed by atoms with van der Waals surface area (Å²) in [5.41, 5.74) is 3.26. The first kappa shape index (κ1) is 12.7. The topological polar surface area (TPSA) is 17.1 Å². The standard InChI is InChI=1S/C15H20O/c1-11(10-15(3,4)5)13-6-8-14(9-7-13)12(2)16/h6-9H,1,10H2,2-5H3. The van der Waals surface area contributed by atoms with Crippen molar-refractivity contribution in [1.82, 2.24) is 0 Å². The molecule has 0 amide bonds. The Labute approximate surface area is 98.2 Å². The van der Waals surface area contributed by atoms with E-state index >= 15 is 0 Å². The zero-order chi connectivity index (χ0) is 12.3. The summed E-state index contributed by atoms with van der Waals surface area (Å²) in [7, 11) is 0. The van der Waals surface area contributed by atoms with Crippen molar-refractivity contribution in [3.05, 3.63) is 42.0 Å². The molecule has 0 radical (unpaired) electrons. The van der Waals surface area contributed by atoms with Gasteiger partial charge in [0, 0.05) is 5.56 Å². The van der Waals surface area contributed by atoms with Gasteiger partial charge in [0.2, 0.25) is 0 Å². The molecule has 1 aromatic carbocycles. The third-order valence-corrected chi connectivity index (χ3v) is 2.44. The van der Waals surface area contributed by atoms with Crippen molar-refractivity contribution < 1.29 is 4.79 Å². The van der Waals surface area contributed by atoms with Crippen molar-refractivity contribution in [3.8, 4) is 0 Å². The predicted octanol–water partition coefficient (Wildman–Crippen LogP) is 4.34. The van der Waals surface area contributed by atoms with Crippen LogP contribution in [-0.2, 0) is 0 Å². The van der Waals surface area contributed by atoms with Gasteiger partial charge in [0.15, 0.2) is 5.78 Å². The molecular weight excluding hydrogens is 196 g/mol. The number of benzene rings is 1. The first-order valence-electron chi connectivity index (χ1n) is 5.59. The van der Waals surface area contributed by atoms with Gasteiger partial charge in [0.05, 0.1) is 0 Å². The van der Waals surface area contributed by atoms with Crippen LogP contribution in [0.5, 0.6) is 0 Å². The molecule has 0 spiro atoms. The van der Waals surface area contributed by atoms with E-state index in [9.17, 15) is 4.79 Å². The molecule has 0 saturated carbocycles. The highest BCUT2D eigenvalue weighted by molar-refractivity contribution is 5.94. The van der Waals surface area contributed by atoms with E-state index in [-0.39, 0.29) is 11.2 Å². The van der Waals surface area contributed by atoms with E-state index in [0.717, 1.165) is 23.1 Å². The summed E-state index contributed by atoms with van der Waals surface area (Å²) in [5.74, 6) is 0.105. The Balaban J connectivity index is 2.82. The lowest BCUT2D eigenvalue weighted by molar-refractivity contribution is 0.101. The molecule has 1 rings (SSSR count). The van der Waals surface area contributed by atoms with Crippen LogP contribution in [0.3, 0.4) is 0 Å². The highest BCUT2D eigenvalue weighted by atomic mass is 16.1. The number of carbonyl (C=O) groups excluding carboxylic acids is 1. The van der Waals surface area contributed by atoms with Crippen LogP contribution in [0.25, 0.3) is 5.57 Å². The molecule has 0 bridgehead atoms. The van der Waals surface area contributed by atoms with Crippen LogP contribution >= 0.6 is 0 Å². The monoisotopic (exact) mass is 216 g/mol. The number of carbonyl (C=O) groups is 1. The van der Waals surface area contributed by atoms with Crippen molar-refractivity contribution in [2.45, 2.75) is 34.1 Å². The van der Waals surface area contributed by atoms with E-state index in [1.54, 1.807) is 6.92 Å². The molecule has 0 N–H and O–H groups in total. The van der Waals surface area contributed by atoms with Crippen molar-refractivity contribution >= 4 is 11.4 Å². The second-order valence-corrected chi connectivity index (χ2v) is 5.47. The maximum absolute atomic E-state index is 11.1. The van der Waals surface area contributed by atoms with Crippen molar-refractivity contribution in [2.24, 2.45) is 5.41 Å². The van der Waals surface area contributed by atoms with E-state index in [0.29, 0.717) is 0 Å². The maximum atomic E-state index is 11.1. The summed E-state index contributed by atoms with van der Waals surface area (Å²) in [5, 5.41) is 0. The Morgan fingerprint density at radius 3 is 1.94 bits per heavy atom. The third-order valence-electron chi connectivity index (χ3n) is 2.44. The highest BCUT2D eigenvalue weighted by Crippen LogP contribution is 2.29. The number of hydrogen-bond acceptors (Lipinski definition) is 1. The molecule has 0 heterocycles. The normalized spacial score (nSPS) is 11.2. The lowest BCUT2D eigenvalue weighted by Gasteiger charge is -2.19. The molecule has 0 atom stereocenters. The van der Waals surface area contributed by atoms with Gasteiger partial charge in [-0.3, -0.25) is 4.79 Å². The van der Waals surface area contributed by atoms with E-state index < -0.39 is 0 Å². The fourth-order valence-corrected chi connectivity index (χ4v) is 1.68. The molecular formula is C15H20O. The van der Waals surface area contributed by atoms with Crippen LogP contribution in [0.1, 0.15) is 50.0 Å². The van der Waals surface area contributed by atoms with Crippen molar-refractivity contribution in [3.63, 3.8) is 0 Å². The van der Waals surface area contributed by atoms with Crippen LogP contribution in [0.15, 0.2) is 30.8 Å². The molecule has 0 fully saturated rings. The lowest BCUT2D eigenvalue weighted by Crippen LogP contribution is -2.05. The Kier molecular flexibility index (Phi) is 3.69. The van der Waals surface area contributed by atoms with Gasteiger partial charge in [-0.15, -0.1) is 0 Å². The van der Waals surface area contributed by atoms with Gasteiger partial charge in [-0.2, -0.15) is 0 Å². The summed E-state index contributed by atoms with van der Waals surface area (Å²) in [4.78, 5) is 11.1. The second-order valence-electron chi connectivity index (χ2n) is 5.47. The van der Waals surface area contributed by atoms with Gasteiger partial charge in [0.1, 0.15) is 0 Å².